The molecule has 0 bridgehead atoms. The maximum Gasteiger partial charge on any atom is 0.105 e. The lowest BCUT2D eigenvalue weighted by molar-refractivity contribution is 0.0748. The van der Waals surface area contributed by atoms with Crippen molar-refractivity contribution in [2.45, 2.75) is 38.4 Å². The quantitative estimate of drug-likeness (QED) is 0.817. The first-order valence-corrected chi connectivity index (χ1v) is 8.01. The first-order chi connectivity index (χ1) is 10.8. The Morgan fingerprint density at radius 2 is 2.32 bits per heavy atom. The minimum absolute atomic E-state index is 0.177. The monoisotopic (exact) mass is 302 g/mol. The van der Waals surface area contributed by atoms with Gasteiger partial charge in [0.1, 0.15) is 5.69 Å². The zero-order chi connectivity index (χ0) is 14.9. The van der Waals surface area contributed by atoms with E-state index in [4.69, 9.17) is 9.15 Å². The fraction of sp³-hybridized carbons (Fsp3) is 0.625. The van der Waals surface area contributed by atoms with Crippen molar-refractivity contribution in [2.24, 2.45) is 5.92 Å². The molecule has 2 aliphatic rings. The number of hydrogen-bond acceptors (Lipinski definition) is 5. The second-order valence-corrected chi connectivity index (χ2v) is 6.37. The number of hydrogen-bond donors (Lipinski definition) is 0. The second-order valence-electron chi connectivity index (χ2n) is 6.37. The van der Waals surface area contributed by atoms with E-state index in [1.54, 1.807) is 13.4 Å². The zero-order valence-electron chi connectivity index (χ0n) is 12.9. The highest BCUT2D eigenvalue weighted by molar-refractivity contribution is 5.20. The molecule has 1 aliphatic carbocycles. The van der Waals surface area contributed by atoms with Crippen LogP contribution in [0.15, 0.2) is 23.0 Å². The van der Waals surface area contributed by atoms with Crippen LogP contribution in [0.5, 0.6) is 0 Å². The van der Waals surface area contributed by atoms with Crippen molar-refractivity contribution in [3.63, 3.8) is 0 Å². The number of methoxy groups -OCH3 is 1. The summed E-state index contributed by atoms with van der Waals surface area (Å²) in [5, 5.41) is 8.89. The predicted molar refractivity (Wildman–Crippen MR) is 80.2 cm³/mol. The van der Waals surface area contributed by atoms with Gasteiger partial charge in [-0.1, -0.05) is 5.21 Å². The maximum atomic E-state index is 5.45. The van der Waals surface area contributed by atoms with Crippen molar-refractivity contribution in [3.05, 3.63) is 35.5 Å². The number of ether oxygens (including phenoxy) is 1. The molecule has 118 valence electrons. The Hall–Kier alpha value is -1.66. The van der Waals surface area contributed by atoms with E-state index >= 15 is 0 Å². The van der Waals surface area contributed by atoms with E-state index in [2.05, 4.69) is 19.9 Å². The van der Waals surface area contributed by atoms with E-state index in [0.717, 1.165) is 37.7 Å². The molecule has 0 spiro atoms. The first-order valence-electron chi connectivity index (χ1n) is 8.01. The molecule has 0 saturated heterocycles. The van der Waals surface area contributed by atoms with Crippen molar-refractivity contribution in [2.75, 3.05) is 20.3 Å². The molecule has 0 aromatic carbocycles. The summed E-state index contributed by atoms with van der Waals surface area (Å²) in [4.78, 5) is 2.41. The van der Waals surface area contributed by atoms with Crippen LogP contribution in [0.1, 0.15) is 35.8 Å². The van der Waals surface area contributed by atoms with Gasteiger partial charge in [-0.2, -0.15) is 0 Å². The van der Waals surface area contributed by atoms with Crippen molar-refractivity contribution in [1.29, 1.82) is 0 Å². The normalized spacial score (nSPS) is 22.0. The van der Waals surface area contributed by atoms with Crippen LogP contribution in [0.2, 0.25) is 0 Å². The van der Waals surface area contributed by atoms with Crippen molar-refractivity contribution >= 4 is 0 Å². The standard InChI is InChI=1S/C16H22N4O2/c1-21-11-15-16-14(20(18-17-16)9-12-2-3-12)4-6-19(15)8-13-5-7-22-10-13/h5,7,10,12,15H,2-4,6,8-9,11H2,1H3/t15-/m0/s1. The minimum Gasteiger partial charge on any atom is -0.472 e. The molecule has 2 aromatic rings. The van der Waals surface area contributed by atoms with Crippen LogP contribution in [0.4, 0.5) is 0 Å². The van der Waals surface area contributed by atoms with Gasteiger partial charge < -0.3 is 9.15 Å². The maximum absolute atomic E-state index is 5.45. The molecule has 0 N–H and O–H groups in total. The average molecular weight is 302 g/mol. The molecular formula is C16H22N4O2. The van der Waals surface area contributed by atoms with E-state index in [-0.39, 0.29) is 6.04 Å². The SMILES string of the molecule is COC[C@H]1c2nnn(CC3CC3)c2CCN1Cc1ccoc1. The van der Waals surface area contributed by atoms with Gasteiger partial charge in [0.2, 0.25) is 0 Å². The van der Waals surface area contributed by atoms with Crippen molar-refractivity contribution < 1.29 is 9.15 Å². The largest absolute Gasteiger partial charge is 0.472 e. The van der Waals surface area contributed by atoms with Gasteiger partial charge in [0, 0.05) is 38.7 Å². The summed E-state index contributed by atoms with van der Waals surface area (Å²) in [6.07, 6.45) is 7.21. The molecule has 1 fully saturated rings. The summed E-state index contributed by atoms with van der Waals surface area (Å²) in [6.45, 7) is 3.54. The summed E-state index contributed by atoms with van der Waals surface area (Å²) in [5.74, 6) is 0.815. The van der Waals surface area contributed by atoms with Crippen LogP contribution < -0.4 is 0 Å². The van der Waals surface area contributed by atoms with Crippen LogP contribution >= 0.6 is 0 Å². The summed E-state index contributed by atoms with van der Waals surface area (Å²) < 4.78 is 12.8. The Bertz CT molecular complexity index is 618. The molecule has 2 aromatic heterocycles. The molecule has 3 heterocycles. The molecule has 0 unspecified atom stereocenters. The summed E-state index contributed by atoms with van der Waals surface area (Å²) in [5.41, 5.74) is 3.59. The molecule has 22 heavy (non-hydrogen) atoms. The second kappa shape index (κ2) is 5.85. The predicted octanol–water partition coefficient (Wildman–Crippen LogP) is 2.03. The van der Waals surface area contributed by atoms with Crippen LogP contribution in [0.25, 0.3) is 0 Å². The summed E-state index contributed by atoms with van der Waals surface area (Å²) >= 11 is 0. The number of aromatic nitrogens is 3. The van der Waals surface area contributed by atoms with Crippen molar-refractivity contribution in [1.82, 2.24) is 19.9 Å². The van der Waals surface area contributed by atoms with Crippen LogP contribution in [0, 0.1) is 5.92 Å². The fourth-order valence-corrected chi connectivity index (χ4v) is 3.28. The van der Waals surface area contributed by atoms with E-state index in [0.29, 0.717) is 6.61 Å². The zero-order valence-corrected chi connectivity index (χ0v) is 12.9. The van der Waals surface area contributed by atoms with Gasteiger partial charge in [0.05, 0.1) is 30.9 Å². The molecule has 4 rings (SSSR count). The van der Waals surface area contributed by atoms with Gasteiger partial charge in [-0.15, -0.1) is 5.10 Å². The number of nitrogens with zero attached hydrogens (tertiary/aromatic N) is 4. The smallest absolute Gasteiger partial charge is 0.105 e. The van der Waals surface area contributed by atoms with Gasteiger partial charge in [-0.05, 0) is 24.8 Å². The van der Waals surface area contributed by atoms with Gasteiger partial charge in [-0.25, -0.2) is 4.68 Å². The Morgan fingerprint density at radius 1 is 1.41 bits per heavy atom. The van der Waals surface area contributed by atoms with E-state index < -0.39 is 0 Å². The van der Waals surface area contributed by atoms with Gasteiger partial charge in [-0.3, -0.25) is 4.90 Å². The molecule has 6 nitrogen and oxygen atoms in total. The molecule has 1 aliphatic heterocycles. The van der Waals surface area contributed by atoms with Gasteiger partial charge >= 0.3 is 0 Å². The minimum atomic E-state index is 0.177. The lowest BCUT2D eigenvalue weighted by atomic mass is 10.0. The highest BCUT2D eigenvalue weighted by Crippen LogP contribution is 2.34. The summed E-state index contributed by atoms with van der Waals surface area (Å²) in [6, 6.07) is 2.19. The van der Waals surface area contributed by atoms with E-state index in [9.17, 15) is 0 Å². The molecule has 0 amide bonds. The van der Waals surface area contributed by atoms with Crippen LogP contribution in [-0.2, 0) is 24.2 Å². The Kier molecular flexibility index (Phi) is 3.72. The number of furan rings is 1. The van der Waals surface area contributed by atoms with Gasteiger partial charge in [0.25, 0.3) is 0 Å². The number of fused-ring (bicyclic) bond motifs is 1. The average Bonchev–Trinajstić information content (AvgIpc) is 3.02. The highest BCUT2D eigenvalue weighted by Gasteiger charge is 2.33. The Labute approximate surface area is 130 Å². The fourth-order valence-electron chi connectivity index (χ4n) is 3.28. The first kappa shape index (κ1) is 14.0. The lowest BCUT2D eigenvalue weighted by Gasteiger charge is -2.34. The molecule has 1 atom stereocenters. The Morgan fingerprint density at radius 3 is 3.05 bits per heavy atom. The Balaban J connectivity index is 1.57. The topological polar surface area (TPSA) is 56.3 Å². The van der Waals surface area contributed by atoms with Crippen LogP contribution in [0.3, 0.4) is 0 Å². The third kappa shape index (κ3) is 2.68. The van der Waals surface area contributed by atoms with E-state index in [1.165, 1.54) is 24.1 Å². The van der Waals surface area contributed by atoms with Gasteiger partial charge in [0.15, 0.2) is 0 Å². The molecule has 1 saturated carbocycles. The van der Waals surface area contributed by atoms with Crippen LogP contribution in [-0.4, -0.2) is 40.2 Å². The molecule has 6 heteroatoms. The lowest BCUT2D eigenvalue weighted by Crippen LogP contribution is -2.38. The van der Waals surface area contributed by atoms with E-state index in [1.807, 2.05) is 12.3 Å². The summed E-state index contributed by atoms with van der Waals surface area (Å²) in [7, 11) is 1.75. The third-order valence-corrected chi connectivity index (χ3v) is 4.68. The molecule has 0 radical (unpaired) electrons. The number of rotatable bonds is 6. The molecular weight excluding hydrogens is 280 g/mol. The third-order valence-electron chi connectivity index (χ3n) is 4.68. The highest BCUT2D eigenvalue weighted by atomic mass is 16.5. The van der Waals surface area contributed by atoms with Crippen molar-refractivity contribution in [3.8, 4) is 0 Å².